The van der Waals surface area contributed by atoms with Crippen LogP contribution in [0.25, 0.3) is 22.3 Å². The van der Waals surface area contributed by atoms with Crippen molar-refractivity contribution in [3.8, 4) is 0 Å². The zero-order valence-corrected chi connectivity index (χ0v) is 33.8. The van der Waals surface area contributed by atoms with E-state index in [0.717, 1.165) is 0 Å². The van der Waals surface area contributed by atoms with E-state index in [-0.39, 0.29) is 45.7 Å². The highest BCUT2D eigenvalue weighted by atomic mass is 32.9. The number of hydrogen-bond acceptors (Lipinski definition) is 17. The number of thioether (sulfide) groups is 1. The quantitative estimate of drug-likeness (QED) is 0.0680. The number of ether oxygens (including phenoxy) is 1. The highest BCUT2D eigenvalue weighted by molar-refractivity contribution is 8.54. The van der Waals surface area contributed by atoms with Crippen molar-refractivity contribution in [1.82, 2.24) is 39.0 Å². The van der Waals surface area contributed by atoms with E-state index in [1.165, 1.54) is 39.9 Å². The second-order valence-corrected chi connectivity index (χ2v) is 25.2. The van der Waals surface area contributed by atoms with Crippen LogP contribution in [0, 0.1) is 0 Å². The number of aliphatic hydroxyl groups excluding tert-OH is 1. The number of hydrogen-bond donors (Lipinski definition) is 6. The number of phosphoric acid groups is 1. The molecule has 0 aromatic carbocycles. The van der Waals surface area contributed by atoms with E-state index in [9.17, 15) is 19.4 Å². The second kappa shape index (κ2) is 14.9. The number of nitrogens with two attached hydrogens (primary N) is 2. The standard InChI is InChI=1S/C26H39FN10O9P2S3Si/c1-26(2,3)52(4,5)46-17-12(6-38)51-24(37-10-33-15-21(37)34-25(29)35-22(15)39)18(17)45-48(40,41)42-7-11-16(44-47(49)50)13(27)23(43-11)36-9-32-14-19(28)30-8-31-20(14)36/h8-13,16-18,23-24,38,47H,6-7H2,1-5H3,(H,40,41)(H,49,50)(H2,28,30,31)(H3,29,34,35,39)/t11-,12-,13+,16-,17?,18-,23-,24-/m1/s1. The van der Waals surface area contributed by atoms with Crippen molar-refractivity contribution < 1.29 is 41.7 Å². The van der Waals surface area contributed by atoms with Crippen molar-refractivity contribution in [2.24, 2.45) is 0 Å². The molecule has 3 unspecified atom stereocenters. The van der Waals surface area contributed by atoms with Crippen LogP contribution in [0.1, 0.15) is 32.4 Å². The Morgan fingerprint density at radius 3 is 2.52 bits per heavy atom. The third-order valence-corrected chi connectivity index (χ3v) is 17.3. The number of phosphoric ester groups is 1. The van der Waals surface area contributed by atoms with E-state index in [4.69, 9.17) is 46.0 Å². The SMILES string of the molecule is CC(C)(C)[Si](C)(C)OC1[C@@H](OP(=O)(O)OC[C@H]2O[C@@H](n3cnc4c(N)ncnc43)[C@@H](F)[C@@H]2O[PH](=S)S)[C@H](n2cnc3c(=O)[nH]c(N)nc32)S[C@@H]1CO. The summed E-state index contributed by atoms with van der Waals surface area (Å²) in [5.74, 6) is -0.0992. The summed E-state index contributed by atoms with van der Waals surface area (Å²) in [5, 5.41) is 8.64. The first-order chi connectivity index (χ1) is 24.3. The number of halogens is 1. The van der Waals surface area contributed by atoms with Crippen molar-refractivity contribution in [3.63, 3.8) is 0 Å². The lowest BCUT2D eigenvalue weighted by atomic mass is 10.1. The second-order valence-electron chi connectivity index (χ2n) is 13.6. The molecule has 6 heterocycles. The van der Waals surface area contributed by atoms with Gasteiger partial charge in [-0.3, -0.25) is 28.0 Å². The lowest BCUT2D eigenvalue weighted by Gasteiger charge is -2.41. The van der Waals surface area contributed by atoms with Gasteiger partial charge in [-0.15, -0.1) is 24.0 Å². The molecular weight excluding hydrogens is 802 g/mol. The Morgan fingerprint density at radius 2 is 1.85 bits per heavy atom. The maximum Gasteiger partial charge on any atom is 0.472 e. The minimum Gasteiger partial charge on any atom is -0.410 e. The summed E-state index contributed by atoms with van der Waals surface area (Å²) in [5.41, 5.74) is 11.6. The summed E-state index contributed by atoms with van der Waals surface area (Å²) in [4.78, 5) is 46.9. The van der Waals surface area contributed by atoms with Gasteiger partial charge in [0.15, 0.2) is 43.3 Å². The van der Waals surface area contributed by atoms with Gasteiger partial charge in [0.05, 0.1) is 37.2 Å². The molecular formula is C26H39FN10O9P2S3Si. The van der Waals surface area contributed by atoms with Crippen LogP contribution in [0.2, 0.25) is 18.1 Å². The number of alkyl halides is 1. The predicted molar refractivity (Wildman–Crippen MR) is 201 cm³/mol. The molecule has 0 radical (unpaired) electrons. The van der Waals surface area contributed by atoms with Crippen LogP contribution < -0.4 is 17.0 Å². The number of aromatic nitrogens is 8. The van der Waals surface area contributed by atoms with E-state index in [2.05, 4.69) is 42.2 Å². The number of imidazole rings is 2. The molecule has 2 aliphatic rings. The maximum atomic E-state index is 16.0. The molecule has 26 heteroatoms. The summed E-state index contributed by atoms with van der Waals surface area (Å²) in [6, 6.07) is 0. The molecule has 2 fully saturated rings. The summed E-state index contributed by atoms with van der Waals surface area (Å²) in [6.45, 7) is 8.97. The molecule has 6 rings (SSSR count). The van der Waals surface area contributed by atoms with Gasteiger partial charge in [-0.2, -0.15) is 4.98 Å². The topological polar surface area (TPSA) is 263 Å². The lowest BCUT2D eigenvalue weighted by molar-refractivity contribution is -0.0486. The average molecular weight is 841 g/mol. The van der Waals surface area contributed by atoms with E-state index >= 15 is 4.39 Å². The van der Waals surface area contributed by atoms with Crippen LogP contribution in [-0.2, 0) is 39.1 Å². The number of nitrogens with one attached hydrogen (secondary N) is 1. The molecule has 0 spiro atoms. The largest absolute Gasteiger partial charge is 0.472 e. The fraction of sp³-hybridized carbons (Fsp3) is 0.615. The van der Waals surface area contributed by atoms with Crippen LogP contribution in [0.3, 0.4) is 0 Å². The molecule has 0 bridgehead atoms. The van der Waals surface area contributed by atoms with Crippen LogP contribution in [-0.4, -0.2) is 106 Å². The predicted octanol–water partition coefficient (Wildman–Crippen LogP) is 2.68. The summed E-state index contributed by atoms with van der Waals surface area (Å²) >= 11 is 10.5. The number of nitrogen functional groups attached to an aromatic ring is 2. The van der Waals surface area contributed by atoms with Crippen molar-refractivity contribution in [3.05, 3.63) is 29.3 Å². The first-order valence-electron chi connectivity index (χ1n) is 15.8. The normalized spacial score (nSPS) is 28.9. The number of aromatic amines is 1. The molecule has 19 nitrogen and oxygen atoms in total. The summed E-state index contributed by atoms with van der Waals surface area (Å²) < 4.78 is 62.4. The monoisotopic (exact) mass is 840 g/mol. The van der Waals surface area contributed by atoms with Gasteiger partial charge < -0.3 is 35.2 Å². The zero-order chi connectivity index (χ0) is 37.9. The van der Waals surface area contributed by atoms with Gasteiger partial charge in [-0.05, 0) is 18.1 Å². The Balaban J connectivity index is 1.30. The molecule has 0 aliphatic carbocycles. The minimum atomic E-state index is -5.06. The highest BCUT2D eigenvalue weighted by Gasteiger charge is 2.54. The molecule has 0 saturated carbocycles. The van der Waals surface area contributed by atoms with E-state index in [0.29, 0.717) is 0 Å². The van der Waals surface area contributed by atoms with Gasteiger partial charge in [0.1, 0.15) is 41.7 Å². The smallest absolute Gasteiger partial charge is 0.410 e. The Bertz CT molecular complexity index is 2090. The fourth-order valence-electron chi connectivity index (χ4n) is 5.70. The molecule has 4 aromatic heterocycles. The highest BCUT2D eigenvalue weighted by Crippen LogP contribution is 2.56. The fourth-order valence-corrected chi connectivity index (χ4v) is 10.8. The Morgan fingerprint density at radius 1 is 1.15 bits per heavy atom. The third kappa shape index (κ3) is 7.73. The molecule has 52 heavy (non-hydrogen) atoms. The summed E-state index contributed by atoms with van der Waals surface area (Å²) in [6.07, 6.45) is -6.49. The van der Waals surface area contributed by atoms with Gasteiger partial charge in [-0.1, -0.05) is 32.6 Å². The van der Waals surface area contributed by atoms with Crippen LogP contribution in [0.5, 0.6) is 0 Å². The zero-order valence-electron chi connectivity index (χ0n) is 28.4. The average Bonchev–Trinajstić information content (AvgIpc) is 3.81. The molecule has 10 atom stereocenters. The number of aliphatic hydroxyl groups is 1. The van der Waals surface area contributed by atoms with Gasteiger partial charge >= 0.3 is 7.82 Å². The van der Waals surface area contributed by atoms with Gasteiger partial charge in [0.25, 0.3) is 5.56 Å². The Hall–Kier alpha value is -2.05. The van der Waals surface area contributed by atoms with Crippen molar-refractivity contribution in [2.45, 2.75) is 86.3 Å². The van der Waals surface area contributed by atoms with Crippen LogP contribution in [0.4, 0.5) is 16.2 Å². The number of anilines is 2. The number of nitrogens with zero attached hydrogens (tertiary/aromatic N) is 7. The Kier molecular flexibility index (Phi) is 11.3. The number of H-pyrrole nitrogens is 1. The number of thiol groups is 1. The summed E-state index contributed by atoms with van der Waals surface area (Å²) in [7, 11) is -7.67. The van der Waals surface area contributed by atoms with E-state index in [1.54, 1.807) is 0 Å². The molecule has 2 saturated heterocycles. The number of rotatable bonds is 12. The molecule has 7 N–H and O–H groups in total. The van der Waals surface area contributed by atoms with E-state index in [1.807, 2.05) is 33.9 Å². The third-order valence-electron chi connectivity index (χ3n) is 9.25. The Labute approximate surface area is 312 Å². The van der Waals surface area contributed by atoms with Crippen molar-refractivity contribution >= 4 is 92.2 Å². The maximum absolute atomic E-state index is 16.0. The van der Waals surface area contributed by atoms with Crippen LogP contribution >= 0.6 is 38.0 Å². The van der Waals surface area contributed by atoms with Crippen molar-refractivity contribution in [1.29, 1.82) is 0 Å². The minimum absolute atomic E-state index is 0.0299. The lowest BCUT2D eigenvalue weighted by Crippen LogP contribution is -2.50. The molecule has 2 aliphatic heterocycles. The van der Waals surface area contributed by atoms with Gasteiger partial charge in [0.2, 0.25) is 5.95 Å². The van der Waals surface area contributed by atoms with Crippen LogP contribution in [0.15, 0.2) is 23.8 Å². The van der Waals surface area contributed by atoms with Gasteiger partial charge in [-0.25, -0.2) is 28.9 Å². The van der Waals surface area contributed by atoms with Gasteiger partial charge in [0, 0.05) is 0 Å². The molecule has 286 valence electrons. The van der Waals surface area contributed by atoms with E-state index < -0.39 is 81.9 Å². The van der Waals surface area contributed by atoms with Crippen molar-refractivity contribution in [2.75, 3.05) is 24.7 Å². The first kappa shape index (κ1) is 39.6. The number of fused-ring (bicyclic) bond motifs is 2. The molecule has 0 amide bonds. The first-order valence-corrected chi connectivity index (χ1v) is 24.9. The molecule has 4 aromatic rings.